The number of carbonyl (C=O) groups is 1. The third-order valence-corrected chi connectivity index (χ3v) is 3.18. The van der Waals surface area contributed by atoms with Crippen molar-refractivity contribution in [3.05, 3.63) is 22.3 Å². The maximum absolute atomic E-state index is 12.4. The van der Waals surface area contributed by atoms with E-state index in [-0.39, 0.29) is 5.91 Å². The zero-order chi connectivity index (χ0) is 15.0. The van der Waals surface area contributed by atoms with Gasteiger partial charge in [-0.2, -0.15) is 0 Å². The number of ether oxygens (including phenoxy) is 1. The Balaban J connectivity index is 2.81. The van der Waals surface area contributed by atoms with Crippen molar-refractivity contribution in [1.82, 2.24) is 9.88 Å². The first-order valence-electron chi connectivity index (χ1n) is 6.82. The van der Waals surface area contributed by atoms with Crippen molar-refractivity contribution >= 4 is 27.7 Å². The lowest BCUT2D eigenvalue weighted by Gasteiger charge is -2.19. The maximum Gasteiger partial charge on any atom is 0.257 e. The summed E-state index contributed by atoms with van der Waals surface area (Å²) in [6, 6.07) is 1.80. The number of rotatable bonds is 8. The molecule has 0 atom stereocenters. The van der Waals surface area contributed by atoms with Gasteiger partial charge in [0.15, 0.2) is 0 Å². The zero-order valence-corrected chi connectivity index (χ0v) is 13.9. The van der Waals surface area contributed by atoms with Crippen LogP contribution in [0.5, 0.6) is 0 Å². The summed E-state index contributed by atoms with van der Waals surface area (Å²) in [5.41, 5.74) is 0.576. The Kier molecular flexibility index (Phi) is 7.54. The molecule has 0 aliphatic carbocycles. The fourth-order valence-corrected chi connectivity index (χ4v) is 1.97. The van der Waals surface area contributed by atoms with Gasteiger partial charge in [-0.15, -0.1) is 0 Å². The fraction of sp³-hybridized carbons (Fsp3) is 0.571. The Morgan fingerprint density at radius 1 is 1.50 bits per heavy atom. The third-order valence-electron chi connectivity index (χ3n) is 2.75. The highest BCUT2D eigenvalue weighted by Gasteiger charge is 2.17. The van der Waals surface area contributed by atoms with E-state index in [4.69, 9.17) is 4.74 Å². The second kappa shape index (κ2) is 8.92. The van der Waals surface area contributed by atoms with Crippen LogP contribution >= 0.6 is 15.9 Å². The van der Waals surface area contributed by atoms with Gasteiger partial charge in [-0.05, 0) is 35.3 Å². The Hall–Kier alpha value is -1.14. The molecule has 1 heterocycles. The molecule has 6 heteroatoms. The molecule has 0 fully saturated rings. The van der Waals surface area contributed by atoms with Gasteiger partial charge in [-0.25, -0.2) is 4.98 Å². The quantitative estimate of drug-likeness (QED) is 0.737. The summed E-state index contributed by atoms with van der Waals surface area (Å²) in [6.07, 6.45) is 2.67. The maximum atomic E-state index is 12.4. The Bertz CT molecular complexity index is 440. The highest BCUT2D eigenvalue weighted by Crippen LogP contribution is 2.19. The molecule has 0 unspecified atom stereocenters. The highest BCUT2D eigenvalue weighted by atomic mass is 79.9. The molecule has 1 aromatic heterocycles. The van der Waals surface area contributed by atoms with E-state index in [2.05, 4.69) is 33.2 Å². The van der Waals surface area contributed by atoms with Crippen LogP contribution in [0.1, 0.15) is 30.6 Å². The third kappa shape index (κ3) is 5.09. The second-order valence-electron chi connectivity index (χ2n) is 4.40. The molecule has 1 rings (SSSR count). The average molecular weight is 344 g/mol. The van der Waals surface area contributed by atoms with E-state index in [0.29, 0.717) is 31.1 Å². The molecule has 20 heavy (non-hydrogen) atoms. The van der Waals surface area contributed by atoms with Crippen molar-refractivity contribution in [2.45, 2.75) is 20.3 Å². The van der Waals surface area contributed by atoms with Crippen molar-refractivity contribution in [2.75, 3.05) is 38.7 Å². The van der Waals surface area contributed by atoms with Gasteiger partial charge < -0.3 is 15.0 Å². The molecule has 0 saturated carbocycles. The lowest BCUT2D eigenvalue weighted by atomic mass is 10.2. The van der Waals surface area contributed by atoms with Gasteiger partial charge in [0, 0.05) is 37.4 Å². The van der Waals surface area contributed by atoms with E-state index in [1.807, 2.05) is 6.92 Å². The summed E-state index contributed by atoms with van der Waals surface area (Å²) in [7, 11) is 1.77. The molecule has 0 saturated heterocycles. The topological polar surface area (TPSA) is 54.5 Å². The van der Waals surface area contributed by atoms with Crippen molar-refractivity contribution < 1.29 is 9.53 Å². The summed E-state index contributed by atoms with van der Waals surface area (Å²) < 4.78 is 6.07. The van der Waals surface area contributed by atoms with Crippen LogP contribution in [0.25, 0.3) is 0 Å². The van der Waals surface area contributed by atoms with Crippen LogP contribution in [0.3, 0.4) is 0 Å². The standard InChI is InChI=1S/C14H22BrN3O2/c1-4-6-16-13-12(9-11(15)10-17-13)14(19)18(3)7-8-20-5-2/h9-10H,4-8H2,1-3H3,(H,16,17). The highest BCUT2D eigenvalue weighted by molar-refractivity contribution is 9.10. The van der Waals surface area contributed by atoms with Gasteiger partial charge in [0.2, 0.25) is 0 Å². The molecule has 0 radical (unpaired) electrons. The van der Waals surface area contributed by atoms with Gasteiger partial charge >= 0.3 is 0 Å². The van der Waals surface area contributed by atoms with Crippen LogP contribution in [0.4, 0.5) is 5.82 Å². The van der Waals surface area contributed by atoms with E-state index in [0.717, 1.165) is 17.4 Å². The number of nitrogens with zero attached hydrogens (tertiary/aromatic N) is 2. The van der Waals surface area contributed by atoms with E-state index in [1.54, 1.807) is 24.2 Å². The van der Waals surface area contributed by atoms with Crippen molar-refractivity contribution in [2.24, 2.45) is 0 Å². The van der Waals surface area contributed by atoms with E-state index < -0.39 is 0 Å². The average Bonchev–Trinajstić information content (AvgIpc) is 2.45. The summed E-state index contributed by atoms with van der Waals surface area (Å²) in [5, 5.41) is 3.18. The number of hydrogen-bond donors (Lipinski definition) is 1. The minimum atomic E-state index is -0.0582. The molecular formula is C14H22BrN3O2. The van der Waals surface area contributed by atoms with E-state index in [1.165, 1.54) is 0 Å². The van der Waals surface area contributed by atoms with Crippen LogP contribution in [0, 0.1) is 0 Å². The van der Waals surface area contributed by atoms with Crippen LogP contribution in [-0.2, 0) is 4.74 Å². The number of likely N-dealkylation sites (N-methyl/N-ethyl adjacent to an activating group) is 1. The summed E-state index contributed by atoms with van der Waals surface area (Å²) in [5.74, 6) is 0.570. The number of amides is 1. The molecule has 0 bridgehead atoms. The Morgan fingerprint density at radius 2 is 2.25 bits per heavy atom. The lowest BCUT2D eigenvalue weighted by Crippen LogP contribution is -2.31. The van der Waals surface area contributed by atoms with Gasteiger partial charge in [0.25, 0.3) is 5.91 Å². The normalized spacial score (nSPS) is 10.4. The molecule has 1 amide bonds. The summed E-state index contributed by atoms with van der Waals surface area (Å²) >= 11 is 3.36. The second-order valence-corrected chi connectivity index (χ2v) is 5.32. The van der Waals surface area contributed by atoms with Crippen LogP contribution < -0.4 is 5.32 Å². The Labute approximate surface area is 128 Å². The number of pyridine rings is 1. The zero-order valence-electron chi connectivity index (χ0n) is 12.3. The molecular weight excluding hydrogens is 322 g/mol. The molecule has 112 valence electrons. The van der Waals surface area contributed by atoms with Gasteiger partial charge in [0.1, 0.15) is 5.82 Å². The fourth-order valence-electron chi connectivity index (χ4n) is 1.64. The minimum absolute atomic E-state index is 0.0582. The number of carbonyl (C=O) groups excluding carboxylic acids is 1. The monoisotopic (exact) mass is 343 g/mol. The van der Waals surface area contributed by atoms with Crippen molar-refractivity contribution in [3.8, 4) is 0 Å². The molecule has 1 aromatic rings. The van der Waals surface area contributed by atoms with E-state index >= 15 is 0 Å². The predicted octanol–water partition coefficient (Wildman–Crippen LogP) is 2.77. The largest absolute Gasteiger partial charge is 0.380 e. The van der Waals surface area contributed by atoms with Gasteiger partial charge in [-0.3, -0.25) is 4.79 Å². The van der Waals surface area contributed by atoms with Gasteiger partial charge in [0.05, 0.1) is 12.2 Å². The first-order chi connectivity index (χ1) is 9.60. The molecule has 0 spiro atoms. The molecule has 0 aliphatic rings. The van der Waals surface area contributed by atoms with Crippen LogP contribution in [-0.4, -0.2) is 49.1 Å². The molecule has 0 aromatic carbocycles. The number of halogens is 1. The van der Waals surface area contributed by atoms with E-state index in [9.17, 15) is 4.79 Å². The molecule has 0 aliphatic heterocycles. The Morgan fingerprint density at radius 3 is 2.90 bits per heavy atom. The number of nitrogens with one attached hydrogen (secondary N) is 1. The SMILES string of the molecule is CCCNc1ncc(Br)cc1C(=O)N(C)CCOCC. The van der Waals surface area contributed by atoms with Crippen LogP contribution in [0.2, 0.25) is 0 Å². The summed E-state index contributed by atoms with van der Waals surface area (Å²) in [4.78, 5) is 18.4. The number of hydrogen-bond acceptors (Lipinski definition) is 4. The minimum Gasteiger partial charge on any atom is -0.380 e. The molecule has 5 nitrogen and oxygen atoms in total. The first-order valence-corrected chi connectivity index (χ1v) is 7.62. The molecule has 1 N–H and O–H groups in total. The van der Waals surface area contributed by atoms with Crippen LogP contribution in [0.15, 0.2) is 16.7 Å². The van der Waals surface area contributed by atoms with Crippen molar-refractivity contribution in [3.63, 3.8) is 0 Å². The number of anilines is 1. The predicted molar refractivity (Wildman–Crippen MR) is 84.2 cm³/mol. The first kappa shape index (κ1) is 16.9. The van der Waals surface area contributed by atoms with Crippen molar-refractivity contribution in [1.29, 1.82) is 0 Å². The lowest BCUT2D eigenvalue weighted by molar-refractivity contribution is 0.0710. The summed E-state index contributed by atoms with van der Waals surface area (Å²) in [6.45, 7) is 6.56. The smallest absolute Gasteiger partial charge is 0.257 e. The number of aromatic nitrogens is 1. The van der Waals surface area contributed by atoms with Gasteiger partial charge in [-0.1, -0.05) is 6.92 Å².